The predicted molar refractivity (Wildman–Crippen MR) is 98.1 cm³/mol. The summed E-state index contributed by atoms with van der Waals surface area (Å²) in [5, 5.41) is 1.30. The number of H-pyrrole nitrogens is 1. The Kier molecular flexibility index (Phi) is 3.01. The van der Waals surface area contributed by atoms with E-state index in [0.717, 1.165) is 25.1 Å². The average molecular weight is 330 g/mol. The minimum absolute atomic E-state index is 0.283. The number of aromatic nitrogens is 1. The van der Waals surface area contributed by atoms with Gasteiger partial charge in [-0.05, 0) is 41.3 Å². The van der Waals surface area contributed by atoms with Crippen molar-refractivity contribution in [3.05, 3.63) is 70.4 Å². The van der Waals surface area contributed by atoms with Crippen molar-refractivity contribution in [3.63, 3.8) is 0 Å². The summed E-state index contributed by atoms with van der Waals surface area (Å²) in [6.45, 7) is 1.81. The van der Waals surface area contributed by atoms with E-state index in [1.807, 2.05) is 12.1 Å². The summed E-state index contributed by atoms with van der Waals surface area (Å²) in [7, 11) is 1.43. The number of carbonyl (C=O) groups excluding carboxylic acids is 1. The first kappa shape index (κ1) is 14.3. The molecule has 2 aromatic carbocycles. The molecule has 2 aliphatic heterocycles. The van der Waals surface area contributed by atoms with Crippen molar-refractivity contribution in [1.82, 2.24) is 9.88 Å². The zero-order valence-electron chi connectivity index (χ0n) is 14.0. The number of nitrogens with one attached hydrogen (secondary N) is 1. The van der Waals surface area contributed by atoms with Gasteiger partial charge in [0.1, 0.15) is 0 Å². The average Bonchev–Trinajstić information content (AvgIpc) is 3.04. The molecule has 0 amide bonds. The maximum atomic E-state index is 12.2. The van der Waals surface area contributed by atoms with Crippen molar-refractivity contribution < 1.29 is 9.53 Å². The summed E-state index contributed by atoms with van der Waals surface area (Å²) < 4.78 is 4.97. The van der Waals surface area contributed by atoms with Gasteiger partial charge in [-0.3, -0.25) is 0 Å². The molecule has 1 N–H and O–H groups in total. The molecule has 0 saturated carbocycles. The van der Waals surface area contributed by atoms with Crippen LogP contribution < -0.4 is 0 Å². The van der Waals surface area contributed by atoms with Gasteiger partial charge < -0.3 is 14.6 Å². The molecule has 0 fully saturated rings. The standard InChI is InChI=1S/C21H18N2O2/c1-25-21(24)16-7-4-5-13-12-23-10-9-15-14-6-2-3-8-18(14)22-20(15)19(23)11-17(13)16/h2-8,11,22H,9-10,12H2,1H3. The van der Waals surface area contributed by atoms with Crippen molar-refractivity contribution in [3.8, 4) is 0 Å². The van der Waals surface area contributed by atoms with Gasteiger partial charge in [0.2, 0.25) is 0 Å². The highest BCUT2D eigenvalue weighted by Gasteiger charge is 2.29. The summed E-state index contributed by atoms with van der Waals surface area (Å²) in [5.74, 6) is -0.283. The van der Waals surface area contributed by atoms with Crippen LogP contribution in [0.25, 0.3) is 22.7 Å². The van der Waals surface area contributed by atoms with Crippen molar-refractivity contribution in [1.29, 1.82) is 0 Å². The molecule has 0 unspecified atom stereocenters. The van der Waals surface area contributed by atoms with Gasteiger partial charge in [-0.1, -0.05) is 30.3 Å². The summed E-state index contributed by atoms with van der Waals surface area (Å²) in [6, 6.07) is 14.3. The van der Waals surface area contributed by atoms with Crippen molar-refractivity contribution in [2.45, 2.75) is 13.0 Å². The first-order valence-electron chi connectivity index (χ1n) is 8.53. The zero-order valence-corrected chi connectivity index (χ0v) is 14.0. The van der Waals surface area contributed by atoms with E-state index in [0.29, 0.717) is 5.56 Å². The molecule has 4 nitrogen and oxygen atoms in total. The second-order valence-corrected chi connectivity index (χ2v) is 6.60. The maximum Gasteiger partial charge on any atom is 0.338 e. The van der Waals surface area contributed by atoms with E-state index in [4.69, 9.17) is 4.74 Å². The van der Waals surface area contributed by atoms with Crippen LogP contribution in [-0.2, 0) is 17.7 Å². The normalized spacial score (nSPS) is 15.2. The first-order valence-corrected chi connectivity index (χ1v) is 8.53. The van der Waals surface area contributed by atoms with Crippen LogP contribution in [0, 0.1) is 0 Å². The fraction of sp³-hybridized carbons (Fsp3) is 0.190. The van der Waals surface area contributed by atoms with Crippen LogP contribution in [-0.4, -0.2) is 29.5 Å². The van der Waals surface area contributed by atoms with Gasteiger partial charge in [0, 0.05) is 24.0 Å². The van der Waals surface area contributed by atoms with Crippen LogP contribution in [0.15, 0.2) is 42.5 Å². The highest BCUT2D eigenvalue weighted by atomic mass is 16.5. The molecule has 3 heterocycles. The molecule has 0 spiro atoms. The van der Waals surface area contributed by atoms with Gasteiger partial charge in [0.25, 0.3) is 0 Å². The Balaban J connectivity index is 1.73. The number of methoxy groups -OCH3 is 1. The molecule has 3 aromatic rings. The smallest absolute Gasteiger partial charge is 0.338 e. The van der Waals surface area contributed by atoms with Crippen LogP contribution in [0.5, 0.6) is 0 Å². The summed E-state index contributed by atoms with van der Waals surface area (Å²) in [4.78, 5) is 18.1. The second kappa shape index (κ2) is 5.24. The van der Waals surface area contributed by atoms with Gasteiger partial charge in [-0.15, -0.1) is 0 Å². The number of nitrogens with zero attached hydrogens (tertiary/aromatic N) is 1. The Hall–Kier alpha value is -3.01. The van der Waals surface area contributed by atoms with Gasteiger partial charge in [0.15, 0.2) is 0 Å². The summed E-state index contributed by atoms with van der Waals surface area (Å²) >= 11 is 0. The minimum Gasteiger partial charge on any atom is -0.465 e. The Bertz CT molecular complexity index is 1050. The third-order valence-electron chi connectivity index (χ3n) is 5.29. The molecule has 4 heteroatoms. The number of benzene rings is 2. The number of aromatic amines is 1. The maximum absolute atomic E-state index is 12.2. The van der Waals surface area contributed by atoms with E-state index in [2.05, 4.69) is 46.3 Å². The number of fused-ring (bicyclic) bond motifs is 6. The topological polar surface area (TPSA) is 45.3 Å². The summed E-state index contributed by atoms with van der Waals surface area (Å²) in [5.41, 5.74) is 7.67. The van der Waals surface area contributed by atoms with Gasteiger partial charge in [0.05, 0.1) is 24.1 Å². The molecule has 0 radical (unpaired) electrons. The largest absolute Gasteiger partial charge is 0.465 e. The van der Waals surface area contributed by atoms with E-state index in [1.54, 1.807) is 0 Å². The molecule has 0 bridgehead atoms. The monoisotopic (exact) mass is 330 g/mol. The van der Waals surface area contributed by atoms with Crippen LogP contribution in [0.3, 0.4) is 0 Å². The lowest BCUT2D eigenvalue weighted by Gasteiger charge is -2.35. The van der Waals surface area contributed by atoms with Gasteiger partial charge >= 0.3 is 5.97 Å². The van der Waals surface area contributed by atoms with Gasteiger partial charge in [-0.25, -0.2) is 4.79 Å². The quantitative estimate of drug-likeness (QED) is 0.690. The molecule has 5 rings (SSSR count). The fourth-order valence-electron chi connectivity index (χ4n) is 4.08. The molecule has 0 aliphatic carbocycles. The van der Waals surface area contributed by atoms with E-state index in [-0.39, 0.29) is 5.97 Å². The molecular formula is C21H18N2O2. The Morgan fingerprint density at radius 1 is 1.16 bits per heavy atom. The Morgan fingerprint density at radius 3 is 2.92 bits per heavy atom. The molecule has 0 atom stereocenters. The lowest BCUT2D eigenvalue weighted by atomic mass is 9.91. The third-order valence-corrected chi connectivity index (χ3v) is 5.29. The van der Waals surface area contributed by atoms with E-state index in [1.165, 1.54) is 40.5 Å². The van der Waals surface area contributed by atoms with Crippen LogP contribution in [0.2, 0.25) is 0 Å². The number of ether oxygens (including phenoxy) is 1. The number of hydrogen-bond donors (Lipinski definition) is 1. The lowest BCUT2D eigenvalue weighted by Crippen LogP contribution is -2.31. The third kappa shape index (κ3) is 2.03. The van der Waals surface area contributed by atoms with Crippen molar-refractivity contribution in [2.75, 3.05) is 13.7 Å². The number of para-hydroxylation sites is 1. The van der Waals surface area contributed by atoms with Crippen LogP contribution in [0.4, 0.5) is 0 Å². The van der Waals surface area contributed by atoms with E-state index < -0.39 is 0 Å². The Morgan fingerprint density at radius 2 is 2.04 bits per heavy atom. The molecule has 0 saturated heterocycles. The SMILES string of the molecule is COC(=O)c1cccc2c1C=C1c3[nH]c4ccccc4c3CCN1C2. The number of esters is 1. The second-order valence-electron chi connectivity index (χ2n) is 6.60. The van der Waals surface area contributed by atoms with E-state index in [9.17, 15) is 4.79 Å². The van der Waals surface area contributed by atoms with Crippen molar-refractivity contribution >= 4 is 28.6 Å². The number of rotatable bonds is 1. The summed E-state index contributed by atoms with van der Waals surface area (Å²) in [6.07, 6.45) is 3.17. The molecule has 1 aromatic heterocycles. The molecular weight excluding hydrogens is 312 g/mol. The first-order chi connectivity index (χ1) is 12.3. The van der Waals surface area contributed by atoms with Crippen LogP contribution in [0.1, 0.15) is 32.7 Å². The number of hydrogen-bond acceptors (Lipinski definition) is 3. The highest BCUT2D eigenvalue weighted by molar-refractivity contribution is 5.99. The zero-order chi connectivity index (χ0) is 17.0. The predicted octanol–water partition coefficient (Wildman–Crippen LogP) is 3.82. The van der Waals surface area contributed by atoms with Gasteiger partial charge in [-0.2, -0.15) is 0 Å². The minimum atomic E-state index is -0.283. The number of carbonyl (C=O) groups is 1. The molecule has 2 aliphatic rings. The van der Waals surface area contributed by atoms with E-state index >= 15 is 0 Å². The van der Waals surface area contributed by atoms with Crippen molar-refractivity contribution in [2.24, 2.45) is 0 Å². The Labute approximate surface area is 145 Å². The fourth-order valence-corrected chi connectivity index (χ4v) is 4.08. The lowest BCUT2D eigenvalue weighted by molar-refractivity contribution is 0.0600. The highest BCUT2D eigenvalue weighted by Crippen LogP contribution is 2.39. The molecule has 124 valence electrons. The molecule has 25 heavy (non-hydrogen) atoms. The van der Waals surface area contributed by atoms with Crippen LogP contribution >= 0.6 is 0 Å².